The normalized spacial score (nSPS) is 14.6. The molecule has 0 bridgehead atoms. The molecule has 178 valence electrons. The molecule has 0 radical (unpaired) electrons. The van der Waals surface area contributed by atoms with Crippen LogP contribution < -0.4 is 0 Å². The van der Waals surface area contributed by atoms with Crippen molar-refractivity contribution >= 4 is 29.3 Å². The van der Waals surface area contributed by atoms with E-state index >= 15 is 0 Å². The Morgan fingerprint density at radius 1 is 0.742 bits per heavy atom. The zero-order chi connectivity index (χ0) is 23.1. The molecule has 1 rings (SSSR count). The molecule has 0 aliphatic heterocycles. The summed E-state index contributed by atoms with van der Waals surface area (Å²) >= 11 is 4.04. The van der Waals surface area contributed by atoms with Gasteiger partial charge in [-0.3, -0.25) is 4.79 Å². The smallest absolute Gasteiger partial charge is 0.185 e. The van der Waals surface area contributed by atoms with Crippen molar-refractivity contribution in [3.05, 3.63) is 33.1 Å². The monoisotopic (exact) mass is 464 g/mol. The van der Waals surface area contributed by atoms with Crippen molar-refractivity contribution in [1.82, 2.24) is 0 Å². The largest absolute Gasteiger partial charge is 0.289 e. The Kier molecular flexibility index (Phi) is 15.0. The minimum atomic E-state index is -0.114. The van der Waals surface area contributed by atoms with Crippen LogP contribution in [0.15, 0.2) is 33.1 Å². The number of thioether (sulfide) groups is 2. The number of Topliss-reactive ketones (excluding diaryl/α,β-unsaturated/α-hetero) is 1. The maximum absolute atomic E-state index is 12.7. The van der Waals surface area contributed by atoms with Crippen molar-refractivity contribution in [2.45, 2.75) is 119 Å². The summed E-state index contributed by atoms with van der Waals surface area (Å²) in [5.74, 6) is 2.60. The molecular weight excluding hydrogens is 416 g/mol. The van der Waals surface area contributed by atoms with Crippen LogP contribution in [0.5, 0.6) is 0 Å². The zero-order valence-electron chi connectivity index (χ0n) is 21.3. The van der Waals surface area contributed by atoms with E-state index in [1.165, 1.54) is 98.4 Å². The molecule has 1 nitrogen and oxygen atoms in total. The molecule has 0 aromatic carbocycles. The highest BCUT2D eigenvalue weighted by Crippen LogP contribution is 2.39. The van der Waals surface area contributed by atoms with Crippen LogP contribution in [-0.2, 0) is 4.79 Å². The van der Waals surface area contributed by atoms with Gasteiger partial charge in [0.2, 0.25) is 0 Å². The van der Waals surface area contributed by atoms with Crippen molar-refractivity contribution in [1.29, 1.82) is 0 Å². The van der Waals surface area contributed by atoms with Gasteiger partial charge >= 0.3 is 0 Å². The molecule has 0 spiro atoms. The summed E-state index contributed by atoms with van der Waals surface area (Å²) in [4.78, 5) is 12.7. The van der Waals surface area contributed by atoms with Crippen LogP contribution in [0, 0.1) is 5.41 Å². The third-order valence-electron chi connectivity index (χ3n) is 5.78. The number of allylic oxidation sites excluding steroid dienone is 5. The second-order valence-corrected chi connectivity index (χ2v) is 12.4. The molecule has 1 aliphatic carbocycles. The Labute approximate surface area is 202 Å². The number of carbonyl (C=O) groups excluding carboxylic acids is 1. The first-order chi connectivity index (χ1) is 14.8. The fourth-order valence-corrected chi connectivity index (χ4v) is 6.22. The minimum Gasteiger partial charge on any atom is -0.289 e. The van der Waals surface area contributed by atoms with Crippen LogP contribution in [0.25, 0.3) is 0 Å². The number of rotatable bonds is 16. The van der Waals surface area contributed by atoms with Crippen molar-refractivity contribution < 1.29 is 4.79 Å². The maximum Gasteiger partial charge on any atom is 0.185 e. The van der Waals surface area contributed by atoms with E-state index < -0.39 is 0 Å². The Hall–Kier alpha value is -0.410. The maximum atomic E-state index is 12.7. The third kappa shape index (κ3) is 11.9. The van der Waals surface area contributed by atoms with Gasteiger partial charge in [0.05, 0.1) is 0 Å². The number of unbranched alkanes of at least 4 members (excludes halogenated alkanes) is 10. The van der Waals surface area contributed by atoms with E-state index in [1.54, 1.807) is 0 Å². The lowest BCUT2D eigenvalue weighted by Crippen LogP contribution is -2.21. The van der Waals surface area contributed by atoms with E-state index in [1.807, 2.05) is 30.4 Å². The van der Waals surface area contributed by atoms with Crippen LogP contribution in [0.3, 0.4) is 0 Å². The van der Waals surface area contributed by atoms with Crippen molar-refractivity contribution in [2.24, 2.45) is 5.41 Å². The quantitative estimate of drug-likeness (QED) is 0.211. The Balaban J connectivity index is 2.77. The highest BCUT2D eigenvalue weighted by Gasteiger charge is 2.28. The number of carbonyl (C=O) groups is 1. The van der Waals surface area contributed by atoms with Crippen LogP contribution in [-0.4, -0.2) is 17.3 Å². The van der Waals surface area contributed by atoms with Gasteiger partial charge in [-0.2, -0.15) is 0 Å². The van der Waals surface area contributed by atoms with E-state index in [0.29, 0.717) is 0 Å². The van der Waals surface area contributed by atoms with E-state index in [9.17, 15) is 4.79 Å². The molecule has 1 aliphatic rings. The molecule has 0 N–H and O–H groups in total. The highest BCUT2D eigenvalue weighted by molar-refractivity contribution is 8.22. The molecular formula is C28H48OS2. The first-order valence-corrected chi connectivity index (χ1v) is 14.7. The van der Waals surface area contributed by atoms with Crippen LogP contribution in [0.2, 0.25) is 0 Å². The summed E-state index contributed by atoms with van der Waals surface area (Å²) in [6.07, 6.45) is 20.4. The lowest BCUT2D eigenvalue weighted by atomic mass is 9.78. The summed E-state index contributed by atoms with van der Waals surface area (Å²) in [6, 6.07) is 0. The lowest BCUT2D eigenvalue weighted by Gasteiger charge is -2.26. The lowest BCUT2D eigenvalue weighted by molar-refractivity contribution is -0.113. The average molecular weight is 465 g/mol. The number of ketones is 1. The van der Waals surface area contributed by atoms with Crippen molar-refractivity contribution in [3.8, 4) is 0 Å². The zero-order valence-corrected chi connectivity index (χ0v) is 22.9. The topological polar surface area (TPSA) is 17.1 Å². The second kappa shape index (κ2) is 16.2. The fourth-order valence-electron chi connectivity index (χ4n) is 3.75. The summed E-state index contributed by atoms with van der Waals surface area (Å²) < 4.78 is 1.43. The molecule has 0 unspecified atom stereocenters. The Morgan fingerprint density at radius 3 is 1.65 bits per heavy atom. The summed E-state index contributed by atoms with van der Waals surface area (Å²) in [6.45, 7) is 13.0. The van der Waals surface area contributed by atoms with Gasteiger partial charge in [-0.15, -0.1) is 23.5 Å². The van der Waals surface area contributed by atoms with E-state index in [4.69, 9.17) is 0 Å². The summed E-state index contributed by atoms with van der Waals surface area (Å²) in [5, 5.41) is 0. The van der Waals surface area contributed by atoms with Crippen LogP contribution in [0.4, 0.5) is 0 Å². The van der Waals surface area contributed by atoms with Gasteiger partial charge in [0.1, 0.15) is 0 Å². The Bertz CT molecular complexity index is 599. The predicted molar refractivity (Wildman–Crippen MR) is 145 cm³/mol. The van der Waals surface area contributed by atoms with Crippen molar-refractivity contribution in [2.75, 3.05) is 11.5 Å². The number of hydrogen-bond acceptors (Lipinski definition) is 3. The molecule has 31 heavy (non-hydrogen) atoms. The Morgan fingerprint density at radius 2 is 1.19 bits per heavy atom. The van der Waals surface area contributed by atoms with Crippen LogP contribution >= 0.6 is 23.5 Å². The summed E-state index contributed by atoms with van der Waals surface area (Å²) in [5.41, 5.74) is 3.01. The van der Waals surface area contributed by atoms with E-state index in [2.05, 4.69) is 46.8 Å². The molecule has 0 fully saturated rings. The van der Waals surface area contributed by atoms with E-state index in [0.717, 1.165) is 11.1 Å². The van der Waals surface area contributed by atoms with Gasteiger partial charge < -0.3 is 0 Å². The molecule has 3 heteroatoms. The predicted octanol–water partition coefficient (Wildman–Crippen LogP) is 9.89. The van der Waals surface area contributed by atoms with Gasteiger partial charge in [0.15, 0.2) is 5.78 Å². The van der Waals surface area contributed by atoms with Gasteiger partial charge in [0.25, 0.3) is 0 Å². The van der Waals surface area contributed by atoms with Crippen molar-refractivity contribution in [3.63, 3.8) is 0 Å². The fraction of sp³-hybridized carbons (Fsp3) is 0.750. The molecule has 0 amide bonds. The van der Waals surface area contributed by atoms with Gasteiger partial charge in [0, 0.05) is 9.81 Å². The molecule has 0 aromatic heterocycles. The standard InChI is InChI=1S/C28H48OS2/c1-7-9-11-13-15-17-19-30-27(31-20-18-16-14-12-10-8-2)24-21-23(3)26(29)25(22-24)28(4,5)6/h21-22H,7-20H2,1-6H3. The second-order valence-electron chi connectivity index (χ2n) is 9.94. The molecule has 0 atom stereocenters. The van der Waals surface area contributed by atoms with Gasteiger partial charge in [-0.05, 0) is 60.0 Å². The minimum absolute atomic E-state index is 0.114. The average Bonchev–Trinajstić information content (AvgIpc) is 2.72. The molecule has 0 aromatic rings. The SMILES string of the molecule is CCCCCCCCSC(SCCCCCCCC)=C1C=C(C)C(=O)C(C(C)(C)C)=C1. The molecule has 0 saturated heterocycles. The van der Waals surface area contributed by atoms with Crippen LogP contribution in [0.1, 0.15) is 119 Å². The van der Waals surface area contributed by atoms with Gasteiger partial charge in [-0.25, -0.2) is 0 Å². The first-order valence-electron chi connectivity index (χ1n) is 12.8. The molecule has 0 heterocycles. The summed E-state index contributed by atoms with van der Waals surface area (Å²) in [7, 11) is 0. The number of hydrogen-bond donors (Lipinski definition) is 0. The highest BCUT2D eigenvalue weighted by atomic mass is 32.2. The van der Waals surface area contributed by atoms with Gasteiger partial charge in [-0.1, -0.05) is 98.8 Å². The van der Waals surface area contributed by atoms with E-state index in [-0.39, 0.29) is 11.2 Å². The first kappa shape index (κ1) is 28.6. The third-order valence-corrected chi connectivity index (χ3v) is 8.47. The molecule has 0 saturated carbocycles.